The summed E-state index contributed by atoms with van der Waals surface area (Å²) in [6.45, 7) is 1.42. The molecule has 0 aliphatic carbocycles. The van der Waals surface area contributed by atoms with Crippen LogP contribution in [0.4, 0.5) is 0 Å². The highest BCUT2D eigenvalue weighted by atomic mass is 35.5. The molecule has 0 atom stereocenters. The molecule has 27 heavy (non-hydrogen) atoms. The number of fused-ring (bicyclic) bond motifs is 1. The lowest BCUT2D eigenvalue weighted by molar-refractivity contribution is -0.109. The Morgan fingerprint density at radius 1 is 1.04 bits per heavy atom. The number of carbonyl (C=O) groups excluding carboxylic acids is 2. The van der Waals surface area contributed by atoms with Crippen molar-refractivity contribution >= 4 is 39.8 Å². The molecular weight excluding hydrogens is 368 g/mol. The second-order valence-electron chi connectivity index (χ2n) is 5.46. The molecule has 0 spiro atoms. The fourth-order valence-corrected chi connectivity index (χ4v) is 2.36. The highest BCUT2D eigenvalue weighted by Gasteiger charge is 2.19. The Morgan fingerprint density at radius 3 is 2.37 bits per heavy atom. The molecule has 0 aliphatic rings. The normalized spacial score (nSPS) is 10.7. The fraction of sp³-hybridized carbons (Fsp3) is 0.150. The van der Waals surface area contributed by atoms with Crippen LogP contribution in [0.5, 0.6) is 5.75 Å². The van der Waals surface area contributed by atoms with E-state index in [0.29, 0.717) is 5.02 Å². The Morgan fingerprint density at radius 2 is 1.74 bits per heavy atom. The number of aromatic amines is 1. The summed E-state index contributed by atoms with van der Waals surface area (Å²) in [7, 11) is 2.98. The third-order valence-electron chi connectivity index (χ3n) is 3.63. The highest BCUT2D eigenvalue weighted by molar-refractivity contribution is 6.67. The Hall–Kier alpha value is -3.12. The predicted molar refractivity (Wildman–Crippen MR) is 106 cm³/mol. The first kappa shape index (κ1) is 20.2. The van der Waals surface area contributed by atoms with E-state index in [0.717, 1.165) is 11.3 Å². The molecule has 1 N–H and O–H groups in total. The van der Waals surface area contributed by atoms with Crippen LogP contribution in [0.1, 0.15) is 17.3 Å². The molecule has 1 aromatic heterocycles. The Bertz CT molecular complexity index is 962. The summed E-state index contributed by atoms with van der Waals surface area (Å²) in [4.78, 5) is 30.7. The highest BCUT2D eigenvalue weighted by Crippen LogP contribution is 2.18. The van der Waals surface area contributed by atoms with Gasteiger partial charge >= 0.3 is 0 Å². The molecule has 0 saturated heterocycles. The van der Waals surface area contributed by atoms with Crippen LogP contribution < -0.4 is 4.74 Å². The van der Waals surface area contributed by atoms with E-state index in [-0.39, 0.29) is 11.3 Å². The van der Waals surface area contributed by atoms with E-state index in [1.54, 1.807) is 19.2 Å². The number of Topliss-reactive ketones (excluding diaryl/α,β-unsaturated/α-hetero) is 2. The number of nitrogens with zero attached hydrogens (tertiary/aromatic N) is 1. The number of methoxy groups -OCH3 is 1. The Kier molecular flexibility index (Phi) is 7.14. The summed E-state index contributed by atoms with van der Waals surface area (Å²) in [5, 5.41) is 5.10. The van der Waals surface area contributed by atoms with Gasteiger partial charge < -0.3 is 14.6 Å². The summed E-state index contributed by atoms with van der Waals surface area (Å²) in [6, 6.07) is 14.1. The largest absolute Gasteiger partial charge is 0.497 e. The van der Waals surface area contributed by atoms with Crippen LogP contribution in [0.25, 0.3) is 10.9 Å². The first-order valence-electron chi connectivity index (χ1n) is 7.99. The van der Waals surface area contributed by atoms with Crippen LogP contribution in [0.2, 0.25) is 5.02 Å². The first-order valence-corrected chi connectivity index (χ1v) is 8.37. The van der Waals surface area contributed by atoms with Gasteiger partial charge in [0.2, 0.25) is 5.78 Å². The molecule has 0 saturated carbocycles. The van der Waals surface area contributed by atoms with Gasteiger partial charge in [0, 0.05) is 27.7 Å². The van der Waals surface area contributed by atoms with Crippen LogP contribution in [0, 0.1) is 0 Å². The standard InChI is InChI=1S/C11H10ClNO3.C9H9NO/c1-7(13-16-2)10(14)11(15)8-3-5-9(12)6-4-8;1-11-8-2-3-9-7(6-8)4-5-10-9/h3-6H,1-2H3;2-6,10H,1H3. The van der Waals surface area contributed by atoms with Gasteiger partial charge in [-0.15, -0.1) is 0 Å². The number of benzene rings is 2. The monoisotopic (exact) mass is 386 g/mol. The van der Waals surface area contributed by atoms with Crippen molar-refractivity contribution < 1.29 is 19.2 Å². The predicted octanol–water partition coefficient (Wildman–Crippen LogP) is 4.29. The molecule has 3 rings (SSSR count). The molecule has 1 heterocycles. The topological polar surface area (TPSA) is 80.8 Å². The number of nitrogens with one attached hydrogen (secondary N) is 1. The van der Waals surface area contributed by atoms with Crippen molar-refractivity contribution in [2.24, 2.45) is 5.16 Å². The van der Waals surface area contributed by atoms with Crippen LogP contribution in [-0.4, -0.2) is 36.5 Å². The van der Waals surface area contributed by atoms with Crippen molar-refractivity contribution in [1.82, 2.24) is 4.98 Å². The number of hydrogen-bond donors (Lipinski definition) is 1. The number of H-pyrrole nitrogens is 1. The number of ketones is 2. The lowest BCUT2D eigenvalue weighted by atomic mass is 10.1. The zero-order valence-electron chi connectivity index (χ0n) is 15.2. The number of hydrogen-bond acceptors (Lipinski definition) is 5. The Labute approximate surface area is 161 Å². The molecule has 0 radical (unpaired) electrons. The van der Waals surface area contributed by atoms with Crippen LogP contribution in [-0.2, 0) is 9.63 Å². The lowest BCUT2D eigenvalue weighted by Crippen LogP contribution is -2.21. The minimum Gasteiger partial charge on any atom is -0.497 e. The maximum Gasteiger partial charge on any atom is 0.250 e. The number of halogens is 1. The molecule has 2 aromatic carbocycles. The summed E-state index contributed by atoms with van der Waals surface area (Å²) >= 11 is 5.67. The van der Waals surface area contributed by atoms with Gasteiger partial charge in [-0.1, -0.05) is 16.8 Å². The smallest absolute Gasteiger partial charge is 0.250 e. The van der Waals surface area contributed by atoms with Gasteiger partial charge in [0.05, 0.1) is 7.11 Å². The van der Waals surface area contributed by atoms with Crippen molar-refractivity contribution in [2.75, 3.05) is 14.2 Å². The third-order valence-corrected chi connectivity index (χ3v) is 3.88. The first-order chi connectivity index (χ1) is 13.0. The summed E-state index contributed by atoms with van der Waals surface area (Å²) < 4.78 is 5.08. The molecule has 6 nitrogen and oxygen atoms in total. The van der Waals surface area contributed by atoms with Crippen LogP contribution in [0.15, 0.2) is 59.9 Å². The van der Waals surface area contributed by atoms with Crippen molar-refractivity contribution in [3.05, 3.63) is 65.3 Å². The molecule has 0 amide bonds. The summed E-state index contributed by atoms with van der Waals surface area (Å²) in [6.07, 6.45) is 1.92. The number of ether oxygens (including phenoxy) is 1. The molecule has 0 aliphatic heterocycles. The molecule has 140 valence electrons. The molecule has 0 bridgehead atoms. The van der Waals surface area contributed by atoms with Gasteiger partial charge in [0.1, 0.15) is 18.6 Å². The van der Waals surface area contributed by atoms with Crippen LogP contribution in [0.3, 0.4) is 0 Å². The zero-order chi connectivity index (χ0) is 19.8. The van der Waals surface area contributed by atoms with Crippen molar-refractivity contribution in [2.45, 2.75) is 6.92 Å². The van der Waals surface area contributed by atoms with E-state index in [4.69, 9.17) is 16.3 Å². The fourth-order valence-electron chi connectivity index (χ4n) is 2.23. The van der Waals surface area contributed by atoms with E-state index in [2.05, 4.69) is 15.0 Å². The van der Waals surface area contributed by atoms with E-state index in [9.17, 15) is 9.59 Å². The number of oxime groups is 1. The molecule has 0 fully saturated rings. The third kappa shape index (κ3) is 5.43. The molecule has 0 unspecified atom stereocenters. The molecular formula is C20H19ClN2O4. The van der Waals surface area contributed by atoms with Crippen molar-refractivity contribution in [1.29, 1.82) is 0 Å². The minimum atomic E-state index is -0.691. The quantitative estimate of drug-likeness (QED) is 0.307. The second kappa shape index (κ2) is 9.54. The van der Waals surface area contributed by atoms with Gasteiger partial charge in [0.25, 0.3) is 5.78 Å². The molecule has 3 aromatic rings. The molecule has 7 heteroatoms. The van der Waals surface area contributed by atoms with E-state index < -0.39 is 11.6 Å². The maximum atomic E-state index is 11.6. The number of carbonyl (C=O) groups is 2. The average molecular weight is 387 g/mol. The van der Waals surface area contributed by atoms with E-state index in [1.807, 2.05) is 30.5 Å². The number of aromatic nitrogens is 1. The second-order valence-corrected chi connectivity index (χ2v) is 5.89. The van der Waals surface area contributed by atoms with Gasteiger partial charge in [-0.05, 0) is 55.5 Å². The van der Waals surface area contributed by atoms with Crippen molar-refractivity contribution in [3.8, 4) is 5.75 Å². The number of rotatable bonds is 5. The average Bonchev–Trinajstić information content (AvgIpc) is 3.15. The minimum absolute atomic E-state index is 0.0162. The van der Waals surface area contributed by atoms with Gasteiger partial charge in [-0.25, -0.2) is 0 Å². The zero-order valence-corrected chi connectivity index (χ0v) is 15.9. The van der Waals surface area contributed by atoms with Crippen molar-refractivity contribution in [3.63, 3.8) is 0 Å². The summed E-state index contributed by atoms with van der Waals surface area (Å²) in [5.41, 5.74) is 1.44. The van der Waals surface area contributed by atoms with Crippen LogP contribution >= 0.6 is 11.6 Å². The van der Waals surface area contributed by atoms with E-state index in [1.165, 1.54) is 31.6 Å². The maximum absolute atomic E-state index is 11.6. The SMILES string of the molecule is CON=C(C)C(=O)C(=O)c1ccc(Cl)cc1.COc1ccc2[nH]ccc2c1. The van der Waals surface area contributed by atoms with Gasteiger partial charge in [-0.2, -0.15) is 0 Å². The van der Waals surface area contributed by atoms with E-state index >= 15 is 0 Å². The van der Waals surface area contributed by atoms with Gasteiger partial charge in [0.15, 0.2) is 0 Å². The lowest BCUT2D eigenvalue weighted by Gasteiger charge is -1.99. The Balaban J connectivity index is 0.000000206. The van der Waals surface area contributed by atoms with Gasteiger partial charge in [-0.3, -0.25) is 9.59 Å². The summed E-state index contributed by atoms with van der Waals surface area (Å²) in [5.74, 6) is -0.420.